The summed E-state index contributed by atoms with van der Waals surface area (Å²) in [4.78, 5) is 2.14. The quantitative estimate of drug-likeness (QED) is 0.444. The van der Waals surface area contributed by atoms with Gasteiger partial charge in [0, 0.05) is 18.8 Å². The van der Waals surface area contributed by atoms with Crippen molar-refractivity contribution in [3.63, 3.8) is 0 Å². The zero-order valence-corrected chi connectivity index (χ0v) is 11.2. The number of hydrogen-bond acceptors (Lipinski definition) is 4. The van der Waals surface area contributed by atoms with E-state index in [1.54, 1.807) is 0 Å². The van der Waals surface area contributed by atoms with Crippen LogP contribution >= 0.6 is 0 Å². The van der Waals surface area contributed by atoms with Gasteiger partial charge in [0.25, 0.3) is 7.48 Å². The Hall–Kier alpha value is -1.30. The molecule has 0 spiro atoms. The van der Waals surface area contributed by atoms with E-state index in [0.717, 1.165) is 30.5 Å². The second-order valence-corrected chi connectivity index (χ2v) is 4.86. The highest BCUT2D eigenvalue weighted by Crippen LogP contribution is 2.23. The molecule has 3 N–H and O–H groups in total. The lowest BCUT2D eigenvalue weighted by atomic mass is 9.88. The number of nitrogens with zero attached hydrogens (tertiary/aromatic N) is 1. The van der Waals surface area contributed by atoms with E-state index in [-0.39, 0.29) is 12.8 Å². The third-order valence-electron chi connectivity index (χ3n) is 3.46. The van der Waals surface area contributed by atoms with Crippen LogP contribution in [0.25, 0.3) is 5.70 Å². The highest BCUT2D eigenvalue weighted by molar-refractivity contribution is 6.26. The first kappa shape index (κ1) is 14.1. The molecule has 1 aliphatic rings. The van der Waals surface area contributed by atoms with Gasteiger partial charge in [0.1, 0.15) is 0 Å². The molecule has 1 aromatic carbocycles. The standard InChI is InChI=1S/C14H21BN2O2/c1-11(17-6-5-14(18)9-17)13-4-2-3-12(7-13)8-15-19-10-16/h2-4,7,14-15,18H,1,5-6,8-10,16H2/t14-/m0/s1. The Morgan fingerprint density at radius 1 is 1.58 bits per heavy atom. The summed E-state index contributed by atoms with van der Waals surface area (Å²) in [7, 11) is 0.634. The minimum Gasteiger partial charge on any atom is -0.427 e. The molecule has 0 amide bonds. The van der Waals surface area contributed by atoms with Gasteiger partial charge in [0.2, 0.25) is 0 Å². The molecule has 1 fully saturated rings. The molecule has 102 valence electrons. The minimum absolute atomic E-state index is 0.224. The average molecular weight is 260 g/mol. The summed E-state index contributed by atoms with van der Waals surface area (Å²) in [5, 5.41) is 9.58. The molecule has 19 heavy (non-hydrogen) atoms. The summed E-state index contributed by atoms with van der Waals surface area (Å²) >= 11 is 0. The zero-order chi connectivity index (χ0) is 13.7. The molecule has 2 rings (SSSR count). The maximum absolute atomic E-state index is 9.58. The lowest BCUT2D eigenvalue weighted by molar-refractivity contribution is 0.187. The Labute approximate surface area is 115 Å². The van der Waals surface area contributed by atoms with Crippen molar-refractivity contribution in [1.29, 1.82) is 0 Å². The van der Waals surface area contributed by atoms with Gasteiger partial charge in [-0.2, -0.15) is 0 Å². The Bertz CT molecular complexity index is 439. The van der Waals surface area contributed by atoms with E-state index in [1.807, 2.05) is 6.07 Å². The molecule has 1 aromatic rings. The smallest absolute Gasteiger partial charge is 0.281 e. The van der Waals surface area contributed by atoms with Crippen molar-refractivity contribution in [1.82, 2.24) is 4.90 Å². The fraction of sp³-hybridized carbons (Fsp3) is 0.429. The van der Waals surface area contributed by atoms with Crippen LogP contribution in [-0.2, 0) is 11.0 Å². The Balaban J connectivity index is 1.99. The van der Waals surface area contributed by atoms with Crippen molar-refractivity contribution in [3.05, 3.63) is 42.0 Å². The second kappa shape index (κ2) is 6.75. The number of likely N-dealkylation sites (tertiary alicyclic amines) is 1. The largest absolute Gasteiger partial charge is 0.427 e. The summed E-state index contributed by atoms with van der Waals surface area (Å²) in [6, 6.07) is 8.30. The van der Waals surface area contributed by atoms with Gasteiger partial charge in [-0.05, 0) is 18.3 Å². The average Bonchev–Trinajstić information content (AvgIpc) is 2.85. The van der Waals surface area contributed by atoms with E-state index < -0.39 is 0 Å². The molecule has 4 nitrogen and oxygen atoms in total. The van der Waals surface area contributed by atoms with E-state index >= 15 is 0 Å². The highest BCUT2D eigenvalue weighted by atomic mass is 16.4. The molecule has 0 bridgehead atoms. The Kier molecular flexibility index (Phi) is 5.02. The molecular formula is C14H21BN2O2. The highest BCUT2D eigenvalue weighted by Gasteiger charge is 2.21. The van der Waals surface area contributed by atoms with Gasteiger partial charge in [0.15, 0.2) is 0 Å². The first-order valence-corrected chi connectivity index (χ1v) is 6.69. The third kappa shape index (κ3) is 3.83. The maximum atomic E-state index is 9.58. The predicted octanol–water partition coefficient (Wildman–Crippen LogP) is 0.508. The van der Waals surface area contributed by atoms with Crippen molar-refractivity contribution < 1.29 is 9.76 Å². The Morgan fingerprint density at radius 2 is 2.42 bits per heavy atom. The fourth-order valence-electron chi connectivity index (χ4n) is 2.35. The first-order chi connectivity index (χ1) is 9.20. The number of benzene rings is 1. The van der Waals surface area contributed by atoms with Crippen LogP contribution in [-0.4, -0.2) is 43.4 Å². The van der Waals surface area contributed by atoms with E-state index in [2.05, 4.69) is 29.7 Å². The van der Waals surface area contributed by atoms with Crippen LogP contribution in [0.4, 0.5) is 0 Å². The molecule has 1 heterocycles. The number of rotatable bonds is 6. The summed E-state index contributed by atoms with van der Waals surface area (Å²) < 4.78 is 5.16. The number of aliphatic hydroxyl groups excluding tert-OH is 1. The van der Waals surface area contributed by atoms with Crippen LogP contribution in [0.15, 0.2) is 30.8 Å². The van der Waals surface area contributed by atoms with E-state index in [9.17, 15) is 5.11 Å². The van der Waals surface area contributed by atoms with Crippen molar-refractivity contribution >= 4 is 13.2 Å². The lowest BCUT2D eigenvalue weighted by Crippen LogP contribution is -2.20. The predicted molar refractivity (Wildman–Crippen MR) is 78.7 cm³/mol. The SMILES string of the molecule is C=C(c1cccc(CBOCN)c1)N1CC[C@H](O)C1. The van der Waals surface area contributed by atoms with Gasteiger partial charge in [-0.1, -0.05) is 36.4 Å². The lowest BCUT2D eigenvalue weighted by Gasteiger charge is -2.21. The van der Waals surface area contributed by atoms with Gasteiger partial charge in [-0.3, -0.25) is 0 Å². The molecule has 0 aromatic heterocycles. The molecule has 0 saturated carbocycles. The molecular weight excluding hydrogens is 239 g/mol. The number of hydrogen-bond donors (Lipinski definition) is 2. The van der Waals surface area contributed by atoms with Gasteiger partial charge < -0.3 is 20.4 Å². The fourth-order valence-corrected chi connectivity index (χ4v) is 2.35. The van der Waals surface area contributed by atoms with Gasteiger partial charge >= 0.3 is 0 Å². The number of aliphatic hydroxyl groups is 1. The van der Waals surface area contributed by atoms with Crippen LogP contribution in [0.2, 0.25) is 0 Å². The molecule has 1 saturated heterocycles. The molecule has 0 aliphatic carbocycles. The van der Waals surface area contributed by atoms with Crippen LogP contribution in [0.3, 0.4) is 0 Å². The van der Waals surface area contributed by atoms with Gasteiger partial charge in [0.05, 0.1) is 12.8 Å². The van der Waals surface area contributed by atoms with Crippen LogP contribution in [0, 0.1) is 0 Å². The first-order valence-electron chi connectivity index (χ1n) is 6.69. The molecule has 1 aliphatic heterocycles. The minimum atomic E-state index is -0.224. The van der Waals surface area contributed by atoms with E-state index in [4.69, 9.17) is 10.4 Å². The van der Waals surface area contributed by atoms with Gasteiger partial charge in [-0.25, -0.2) is 0 Å². The summed E-state index contributed by atoms with van der Waals surface area (Å²) in [6.07, 6.45) is 1.45. The monoisotopic (exact) mass is 260 g/mol. The topological polar surface area (TPSA) is 58.7 Å². The van der Waals surface area contributed by atoms with E-state index in [0.29, 0.717) is 14.0 Å². The van der Waals surface area contributed by atoms with Crippen LogP contribution in [0.1, 0.15) is 17.5 Å². The van der Waals surface area contributed by atoms with Crippen LogP contribution in [0.5, 0.6) is 0 Å². The van der Waals surface area contributed by atoms with Crippen molar-refractivity contribution in [2.75, 3.05) is 19.8 Å². The van der Waals surface area contributed by atoms with Crippen molar-refractivity contribution in [2.45, 2.75) is 18.8 Å². The summed E-state index contributed by atoms with van der Waals surface area (Å²) in [5.74, 6) is 0. The van der Waals surface area contributed by atoms with Crippen molar-refractivity contribution in [2.24, 2.45) is 5.73 Å². The van der Waals surface area contributed by atoms with Gasteiger partial charge in [-0.15, -0.1) is 0 Å². The normalized spacial score (nSPS) is 18.6. The van der Waals surface area contributed by atoms with Crippen molar-refractivity contribution in [3.8, 4) is 0 Å². The Morgan fingerprint density at radius 3 is 3.11 bits per heavy atom. The summed E-state index contributed by atoms with van der Waals surface area (Å²) in [5.41, 5.74) is 8.61. The molecule has 0 unspecified atom stereocenters. The molecule has 0 radical (unpaired) electrons. The number of β-amino-alcohol motifs (C(OH)–C–C–N with tert-alkyl or cyclic N) is 1. The number of nitrogens with two attached hydrogens (primary N) is 1. The van der Waals surface area contributed by atoms with Crippen LogP contribution < -0.4 is 5.73 Å². The summed E-state index contributed by atoms with van der Waals surface area (Å²) in [6.45, 7) is 5.96. The molecule has 1 atom stereocenters. The third-order valence-corrected chi connectivity index (χ3v) is 3.46. The molecule has 5 heteroatoms. The second-order valence-electron chi connectivity index (χ2n) is 4.86. The zero-order valence-electron chi connectivity index (χ0n) is 11.2. The maximum Gasteiger partial charge on any atom is 0.281 e. The van der Waals surface area contributed by atoms with E-state index in [1.165, 1.54) is 5.56 Å².